The number of nitrogens with zero attached hydrogens (tertiary/aromatic N) is 2. The van der Waals surface area contributed by atoms with Crippen LogP contribution < -0.4 is 19.7 Å². The van der Waals surface area contributed by atoms with Gasteiger partial charge in [0.2, 0.25) is 11.8 Å². The van der Waals surface area contributed by atoms with Crippen molar-refractivity contribution < 1.29 is 19.1 Å². The number of benzene rings is 1. The predicted molar refractivity (Wildman–Crippen MR) is 96.6 cm³/mol. The number of amides is 2. The van der Waals surface area contributed by atoms with E-state index >= 15 is 0 Å². The van der Waals surface area contributed by atoms with Crippen LogP contribution in [0.5, 0.6) is 11.5 Å². The van der Waals surface area contributed by atoms with E-state index < -0.39 is 5.92 Å². The van der Waals surface area contributed by atoms with Gasteiger partial charge in [0.05, 0.1) is 0 Å². The average molecular weight is 359 g/mol. The van der Waals surface area contributed by atoms with Crippen LogP contribution in [-0.4, -0.2) is 62.7 Å². The van der Waals surface area contributed by atoms with E-state index in [-0.39, 0.29) is 17.9 Å². The molecule has 26 heavy (non-hydrogen) atoms. The molecule has 3 aliphatic rings. The Bertz CT molecular complexity index is 702. The number of carbonyl (C=O) groups excluding carboxylic acids is 2. The first-order valence-electron chi connectivity index (χ1n) is 9.33. The molecule has 1 atom stereocenters. The van der Waals surface area contributed by atoms with Gasteiger partial charge in [0.25, 0.3) is 0 Å². The van der Waals surface area contributed by atoms with Gasteiger partial charge in [0.15, 0.2) is 11.5 Å². The number of ether oxygens (including phenoxy) is 2. The molecular formula is C19H25N3O4. The van der Waals surface area contributed by atoms with Crippen LogP contribution in [0, 0.1) is 5.92 Å². The summed E-state index contributed by atoms with van der Waals surface area (Å²) in [6, 6.07) is 5.73. The Morgan fingerprint density at radius 1 is 1.15 bits per heavy atom. The van der Waals surface area contributed by atoms with E-state index in [1.165, 1.54) is 0 Å². The first-order chi connectivity index (χ1) is 12.6. The molecule has 4 rings (SSSR count). The smallest absolute Gasteiger partial charge is 0.239 e. The number of piperidine rings is 1. The van der Waals surface area contributed by atoms with Crippen molar-refractivity contribution in [1.82, 2.24) is 10.2 Å². The molecule has 1 aromatic rings. The van der Waals surface area contributed by atoms with Crippen LogP contribution in [0.1, 0.15) is 19.3 Å². The molecule has 0 spiro atoms. The molecule has 2 fully saturated rings. The van der Waals surface area contributed by atoms with E-state index in [0.717, 1.165) is 31.6 Å². The average Bonchev–Trinajstić information content (AvgIpc) is 3.08. The van der Waals surface area contributed by atoms with Crippen LogP contribution >= 0.6 is 0 Å². The minimum atomic E-state index is -0.580. The fourth-order valence-corrected chi connectivity index (χ4v) is 3.99. The van der Waals surface area contributed by atoms with Gasteiger partial charge in [-0.1, -0.05) is 0 Å². The zero-order chi connectivity index (χ0) is 18.1. The third-order valence-electron chi connectivity index (χ3n) is 5.55. The summed E-state index contributed by atoms with van der Waals surface area (Å²) in [5.41, 5.74) is 0.763. The summed E-state index contributed by atoms with van der Waals surface area (Å²) >= 11 is 0. The van der Waals surface area contributed by atoms with E-state index in [9.17, 15) is 9.59 Å². The summed E-state index contributed by atoms with van der Waals surface area (Å²) < 4.78 is 11.1. The lowest BCUT2D eigenvalue weighted by molar-refractivity contribution is -0.140. The summed E-state index contributed by atoms with van der Waals surface area (Å²) in [6.45, 7) is 3.44. The Kier molecular flexibility index (Phi) is 4.72. The molecule has 2 amide bonds. The topological polar surface area (TPSA) is 71.1 Å². The molecule has 0 aromatic heterocycles. The Labute approximate surface area is 153 Å². The number of anilines is 1. The van der Waals surface area contributed by atoms with Gasteiger partial charge in [-0.3, -0.25) is 9.59 Å². The largest absolute Gasteiger partial charge is 0.486 e. The van der Waals surface area contributed by atoms with E-state index in [2.05, 4.69) is 5.32 Å². The van der Waals surface area contributed by atoms with Crippen molar-refractivity contribution in [3.05, 3.63) is 18.2 Å². The van der Waals surface area contributed by atoms with Crippen molar-refractivity contribution in [3.8, 4) is 11.5 Å². The van der Waals surface area contributed by atoms with Crippen LogP contribution in [0.25, 0.3) is 0 Å². The second-order valence-corrected chi connectivity index (χ2v) is 7.09. The van der Waals surface area contributed by atoms with Crippen LogP contribution in [-0.2, 0) is 9.59 Å². The molecule has 0 aliphatic carbocycles. The molecule has 0 bridgehead atoms. The van der Waals surface area contributed by atoms with Crippen molar-refractivity contribution in [3.63, 3.8) is 0 Å². The molecular weight excluding hydrogens is 334 g/mol. The zero-order valence-corrected chi connectivity index (χ0v) is 15.1. The zero-order valence-electron chi connectivity index (χ0n) is 15.1. The third kappa shape index (κ3) is 3.11. The van der Waals surface area contributed by atoms with Crippen LogP contribution in [0.2, 0.25) is 0 Å². The van der Waals surface area contributed by atoms with Crippen molar-refractivity contribution in [1.29, 1.82) is 0 Å². The molecule has 7 heteroatoms. The lowest BCUT2D eigenvalue weighted by atomic mass is 10.0. The highest BCUT2D eigenvalue weighted by molar-refractivity contribution is 6.09. The molecule has 1 N–H and O–H groups in total. The summed E-state index contributed by atoms with van der Waals surface area (Å²) in [5.74, 6) is 0.602. The van der Waals surface area contributed by atoms with E-state index in [1.54, 1.807) is 9.80 Å². The Hall–Kier alpha value is -2.28. The lowest BCUT2D eigenvalue weighted by Crippen LogP contribution is -2.47. The van der Waals surface area contributed by atoms with E-state index in [0.29, 0.717) is 37.7 Å². The van der Waals surface area contributed by atoms with Crippen molar-refractivity contribution in [2.75, 3.05) is 44.8 Å². The molecule has 3 aliphatic heterocycles. The highest BCUT2D eigenvalue weighted by Gasteiger charge is 2.40. The van der Waals surface area contributed by atoms with Gasteiger partial charge < -0.3 is 24.6 Å². The number of rotatable bonds is 3. The normalized spacial score (nSPS) is 23.2. The SMILES string of the molecule is CN(C(=O)C1CCN(c2ccc3c(c2)OCCO3)C1=O)C1CCNCC1. The monoisotopic (exact) mass is 359 g/mol. The van der Waals surface area contributed by atoms with Crippen molar-refractivity contribution >= 4 is 17.5 Å². The van der Waals surface area contributed by atoms with Gasteiger partial charge in [0.1, 0.15) is 19.1 Å². The van der Waals surface area contributed by atoms with Gasteiger partial charge in [-0.25, -0.2) is 0 Å². The number of carbonyl (C=O) groups is 2. The fourth-order valence-electron chi connectivity index (χ4n) is 3.99. The summed E-state index contributed by atoms with van der Waals surface area (Å²) in [4.78, 5) is 29.3. The summed E-state index contributed by atoms with van der Waals surface area (Å²) in [6.07, 6.45) is 2.44. The molecule has 140 valence electrons. The number of hydrogen-bond acceptors (Lipinski definition) is 5. The molecule has 2 saturated heterocycles. The van der Waals surface area contributed by atoms with Crippen LogP contribution in [0.4, 0.5) is 5.69 Å². The summed E-state index contributed by atoms with van der Waals surface area (Å²) in [7, 11) is 1.83. The molecule has 0 radical (unpaired) electrons. The third-order valence-corrected chi connectivity index (χ3v) is 5.55. The molecule has 1 aromatic carbocycles. The predicted octanol–water partition coefficient (Wildman–Crippen LogP) is 1.02. The standard InChI is InChI=1S/C19H25N3O4/c1-21(13-4-7-20-8-5-13)18(23)15-6-9-22(19(15)24)14-2-3-16-17(12-14)26-11-10-25-16/h2-3,12-13,15,20H,4-11H2,1H3. The van der Waals surface area contributed by atoms with E-state index in [1.807, 2.05) is 25.2 Å². The second-order valence-electron chi connectivity index (χ2n) is 7.09. The highest BCUT2D eigenvalue weighted by Crippen LogP contribution is 2.36. The van der Waals surface area contributed by atoms with Gasteiger partial charge in [-0.15, -0.1) is 0 Å². The molecule has 1 unspecified atom stereocenters. The number of hydrogen-bond donors (Lipinski definition) is 1. The molecule has 0 saturated carbocycles. The quantitative estimate of drug-likeness (QED) is 0.816. The van der Waals surface area contributed by atoms with Crippen molar-refractivity contribution in [2.45, 2.75) is 25.3 Å². The highest BCUT2D eigenvalue weighted by atomic mass is 16.6. The Morgan fingerprint density at radius 2 is 1.88 bits per heavy atom. The summed E-state index contributed by atoms with van der Waals surface area (Å²) in [5, 5.41) is 3.31. The number of fused-ring (bicyclic) bond motifs is 1. The molecule has 3 heterocycles. The first-order valence-corrected chi connectivity index (χ1v) is 9.33. The van der Waals surface area contributed by atoms with E-state index in [4.69, 9.17) is 9.47 Å². The number of nitrogens with one attached hydrogen (secondary N) is 1. The van der Waals surface area contributed by atoms with Crippen LogP contribution in [0.15, 0.2) is 18.2 Å². The van der Waals surface area contributed by atoms with Crippen LogP contribution in [0.3, 0.4) is 0 Å². The van der Waals surface area contributed by atoms with Gasteiger partial charge >= 0.3 is 0 Å². The van der Waals surface area contributed by atoms with Gasteiger partial charge in [-0.2, -0.15) is 0 Å². The second kappa shape index (κ2) is 7.15. The maximum absolute atomic E-state index is 12.9. The Morgan fingerprint density at radius 3 is 2.65 bits per heavy atom. The van der Waals surface area contributed by atoms with Crippen molar-refractivity contribution in [2.24, 2.45) is 5.92 Å². The maximum atomic E-state index is 12.9. The first kappa shape index (κ1) is 17.1. The maximum Gasteiger partial charge on any atom is 0.239 e. The lowest BCUT2D eigenvalue weighted by Gasteiger charge is -2.33. The minimum Gasteiger partial charge on any atom is -0.486 e. The van der Waals surface area contributed by atoms with Gasteiger partial charge in [-0.05, 0) is 44.5 Å². The fraction of sp³-hybridized carbons (Fsp3) is 0.579. The Balaban J connectivity index is 1.46. The molecule has 7 nitrogen and oxygen atoms in total. The minimum absolute atomic E-state index is 0.0538. The van der Waals surface area contributed by atoms with Gasteiger partial charge in [0, 0.05) is 31.4 Å².